The second kappa shape index (κ2) is 6.20. The maximum Gasteiger partial charge on any atom is 0.253 e. The van der Waals surface area contributed by atoms with Crippen LogP contribution >= 0.6 is 11.3 Å². The van der Waals surface area contributed by atoms with Gasteiger partial charge in [-0.3, -0.25) is 4.79 Å². The molecule has 3 rings (SSSR count). The molecule has 118 valence electrons. The molecule has 0 bridgehead atoms. The first kappa shape index (κ1) is 15.2. The first-order valence-corrected chi connectivity index (χ1v) is 8.67. The summed E-state index contributed by atoms with van der Waals surface area (Å²) in [6.07, 6.45) is 4.50. The van der Waals surface area contributed by atoms with Crippen molar-refractivity contribution in [3.63, 3.8) is 0 Å². The predicted molar refractivity (Wildman–Crippen MR) is 85.2 cm³/mol. The molecule has 2 heterocycles. The molecule has 1 unspecified atom stereocenters. The van der Waals surface area contributed by atoms with E-state index in [2.05, 4.69) is 15.5 Å². The summed E-state index contributed by atoms with van der Waals surface area (Å²) in [5.41, 5.74) is 2.05. The van der Waals surface area contributed by atoms with Crippen molar-refractivity contribution in [3.8, 4) is 0 Å². The van der Waals surface area contributed by atoms with E-state index in [1.807, 2.05) is 26.2 Å². The van der Waals surface area contributed by atoms with E-state index in [0.29, 0.717) is 11.8 Å². The molecule has 2 aromatic heterocycles. The van der Waals surface area contributed by atoms with Crippen LogP contribution in [0.25, 0.3) is 0 Å². The minimum Gasteiger partial charge on any atom is -0.423 e. The van der Waals surface area contributed by atoms with Gasteiger partial charge >= 0.3 is 0 Å². The summed E-state index contributed by atoms with van der Waals surface area (Å²) in [5.74, 6) is 1.20. The van der Waals surface area contributed by atoms with E-state index in [9.17, 15) is 4.79 Å². The number of thiophene rings is 1. The van der Waals surface area contributed by atoms with E-state index in [1.54, 1.807) is 11.3 Å². The van der Waals surface area contributed by atoms with Crippen LogP contribution in [0.5, 0.6) is 0 Å². The Morgan fingerprint density at radius 1 is 1.23 bits per heavy atom. The lowest BCUT2D eigenvalue weighted by Crippen LogP contribution is -2.27. The number of hydrogen-bond acceptors (Lipinski definition) is 5. The number of hydrogen-bond donors (Lipinski definition) is 1. The Morgan fingerprint density at radius 2 is 1.95 bits per heavy atom. The lowest BCUT2D eigenvalue weighted by Gasteiger charge is -2.14. The number of carbonyl (C=O) groups excluding carboxylic acids is 1. The molecular weight excluding hydrogens is 298 g/mol. The molecule has 2 aromatic rings. The van der Waals surface area contributed by atoms with Gasteiger partial charge in [0, 0.05) is 16.2 Å². The summed E-state index contributed by atoms with van der Waals surface area (Å²) in [5, 5.41) is 13.0. The van der Waals surface area contributed by atoms with Crippen LogP contribution in [-0.2, 0) is 12.8 Å². The van der Waals surface area contributed by atoms with E-state index in [1.165, 1.54) is 23.3 Å². The molecule has 0 saturated carbocycles. The molecule has 1 N–H and O–H groups in total. The summed E-state index contributed by atoms with van der Waals surface area (Å²) in [7, 11) is 0. The van der Waals surface area contributed by atoms with Crippen LogP contribution in [0.15, 0.2) is 9.80 Å². The largest absolute Gasteiger partial charge is 0.423 e. The molecule has 1 amide bonds. The standard InChI is InChI=1S/C16H21N3O2S/c1-9(2)15-18-19-16(21-15)10(3)17-14(20)12-8-22-13-7-5-4-6-11(12)13/h8-10H,4-7H2,1-3H3,(H,17,20). The van der Waals surface area contributed by atoms with Crippen LogP contribution in [0.2, 0.25) is 0 Å². The number of aromatic nitrogens is 2. The molecular formula is C16H21N3O2S. The highest BCUT2D eigenvalue weighted by atomic mass is 32.1. The van der Waals surface area contributed by atoms with Crippen molar-refractivity contribution in [3.05, 3.63) is 33.2 Å². The maximum absolute atomic E-state index is 12.5. The van der Waals surface area contributed by atoms with Crippen LogP contribution in [-0.4, -0.2) is 16.1 Å². The van der Waals surface area contributed by atoms with Crippen LogP contribution < -0.4 is 5.32 Å². The van der Waals surface area contributed by atoms with Gasteiger partial charge in [-0.1, -0.05) is 13.8 Å². The van der Waals surface area contributed by atoms with Crippen LogP contribution in [0.3, 0.4) is 0 Å². The van der Waals surface area contributed by atoms with Crippen molar-refractivity contribution < 1.29 is 9.21 Å². The molecule has 0 spiro atoms. The predicted octanol–water partition coefficient (Wildman–Crippen LogP) is 3.62. The van der Waals surface area contributed by atoms with Crippen molar-refractivity contribution in [1.29, 1.82) is 0 Å². The second-order valence-electron chi connectivity index (χ2n) is 6.09. The molecule has 22 heavy (non-hydrogen) atoms. The summed E-state index contributed by atoms with van der Waals surface area (Å²) < 4.78 is 5.60. The SMILES string of the molecule is CC(C)c1nnc(C(C)NC(=O)c2csc3c2CCCC3)o1. The fraction of sp³-hybridized carbons (Fsp3) is 0.562. The summed E-state index contributed by atoms with van der Waals surface area (Å²) >= 11 is 1.70. The highest BCUT2D eigenvalue weighted by Crippen LogP contribution is 2.30. The van der Waals surface area contributed by atoms with Crippen molar-refractivity contribution in [2.45, 2.75) is 58.4 Å². The number of amides is 1. The normalized spacial score (nSPS) is 15.6. The third kappa shape index (κ3) is 2.92. The van der Waals surface area contributed by atoms with Gasteiger partial charge in [-0.05, 0) is 38.2 Å². The number of nitrogens with one attached hydrogen (secondary N) is 1. The molecule has 0 aromatic carbocycles. The van der Waals surface area contributed by atoms with Crippen LogP contribution in [0.1, 0.15) is 78.2 Å². The first-order valence-electron chi connectivity index (χ1n) is 7.79. The van der Waals surface area contributed by atoms with Gasteiger partial charge in [-0.2, -0.15) is 0 Å². The molecule has 0 radical (unpaired) electrons. The number of rotatable bonds is 4. The average Bonchev–Trinajstić information content (AvgIpc) is 3.14. The number of carbonyl (C=O) groups is 1. The smallest absolute Gasteiger partial charge is 0.253 e. The van der Waals surface area contributed by atoms with Crippen LogP contribution in [0.4, 0.5) is 0 Å². The Kier molecular flexibility index (Phi) is 4.29. The maximum atomic E-state index is 12.5. The van der Waals surface area contributed by atoms with Crippen LogP contribution in [0, 0.1) is 0 Å². The van der Waals surface area contributed by atoms with Gasteiger partial charge in [0.05, 0.1) is 5.56 Å². The van der Waals surface area contributed by atoms with Crippen molar-refractivity contribution in [2.75, 3.05) is 0 Å². The summed E-state index contributed by atoms with van der Waals surface area (Å²) in [6, 6.07) is -0.286. The first-order chi connectivity index (χ1) is 10.6. The Morgan fingerprint density at radius 3 is 2.68 bits per heavy atom. The lowest BCUT2D eigenvalue weighted by atomic mass is 9.95. The Hall–Kier alpha value is -1.69. The monoisotopic (exact) mass is 319 g/mol. The van der Waals surface area contributed by atoms with Gasteiger partial charge < -0.3 is 9.73 Å². The van der Waals surface area contributed by atoms with Crippen molar-refractivity contribution in [2.24, 2.45) is 0 Å². The quantitative estimate of drug-likeness (QED) is 0.934. The minimum absolute atomic E-state index is 0.0452. The van der Waals surface area contributed by atoms with Gasteiger partial charge in [0.15, 0.2) is 0 Å². The zero-order chi connectivity index (χ0) is 15.7. The van der Waals surface area contributed by atoms with Gasteiger partial charge in [-0.25, -0.2) is 0 Å². The Bertz CT molecular complexity index is 675. The topological polar surface area (TPSA) is 68.0 Å². The molecule has 0 saturated heterocycles. The van der Waals surface area contributed by atoms with Gasteiger partial charge in [-0.15, -0.1) is 21.5 Å². The van der Waals surface area contributed by atoms with E-state index in [-0.39, 0.29) is 17.9 Å². The van der Waals surface area contributed by atoms with Crippen molar-refractivity contribution in [1.82, 2.24) is 15.5 Å². The fourth-order valence-electron chi connectivity index (χ4n) is 2.68. The third-order valence-corrected chi connectivity index (χ3v) is 5.06. The molecule has 1 aliphatic rings. The van der Waals surface area contributed by atoms with E-state index < -0.39 is 0 Å². The Labute approximate surface area is 134 Å². The number of aryl methyl sites for hydroxylation is 1. The molecule has 5 nitrogen and oxygen atoms in total. The summed E-state index contributed by atoms with van der Waals surface area (Å²) in [4.78, 5) is 13.9. The fourth-order valence-corrected chi connectivity index (χ4v) is 3.80. The molecule has 0 aliphatic heterocycles. The zero-order valence-corrected chi connectivity index (χ0v) is 14.0. The molecule has 6 heteroatoms. The number of fused-ring (bicyclic) bond motifs is 1. The van der Waals surface area contributed by atoms with Gasteiger partial charge in [0.1, 0.15) is 6.04 Å². The zero-order valence-electron chi connectivity index (χ0n) is 13.2. The highest BCUT2D eigenvalue weighted by molar-refractivity contribution is 7.10. The van der Waals surface area contributed by atoms with Gasteiger partial charge in [0.2, 0.25) is 11.8 Å². The highest BCUT2D eigenvalue weighted by Gasteiger charge is 2.23. The van der Waals surface area contributed by atoms with Gasteiger partial charge in [0.25, 0.3) is 5.91 Å². The van der Waals surface area contributed by atoms with E-state index in [0.717, 1.165) is 18.4 Å². The van der Waals surface area contributed by atoms with Crippen molar-refractivity contribution >= 4 is 17.2 Å². The molecule has 1 atom stereocenters. The molecule has 1 aliphatic carbocycles. The third-order valence-electron chi connectivity index (χ3n) is 3.97. The lowest BCUT2D eigenvalue weighted by molar-refractivity contribution is 0.0933. The van der Waals surface area contributed by atoms with E-state index in [4.69, 9.17) is 4.42 Å². The molecule has 0 fully saturated rings. The number of nitrogens with zero attached hydrogens (tertiary/aromatic N) is 2. The Balaban J connectivity index is 1.72. The average molecular weight is 319 g/mol. The minimum atomic E-state index is -0.286. The van der Waals surface area contributed by atoms with E-state index >= 15 is 0 Å². The second-order valence-corrected chi connectivity index (χ2v) is 7.05. The summed E-state index contributed by atoms with van der Waals surface area (Å²) in [6.45, 7) is 5.87.